The van der Waals surface area contributed by atoms with E-state index >= 15 is 0 Å². The average Bonchev–Trinajstić information content (AvgIpc) is 2.30. The van der Waals surface area contributed by atoms with E-state index in [1.54, 1.807) is 0 Å². The van der Waals surface area contributed by atoms with Crippen LogP contribution in [-0.4, -0.2) is 4.98 Å². The van der Waals surface area contributed by atoms with Crippen LogP contribution in [-0.2, 0) is 6.54 Å². The SMILES string of the molecule is Cc1ccc(CNc2ccc(Br)cc2Br)nc1. The summed E-state index contributed by atoms with van der Waals surface area (Å²) < 4.78 is 2.10. The fourth-order valence-electron chi connectivity index (χ4n) is 1.42. The predicted molar refractivity (Wildman–Crippen MR) is 78.1 cm³/mol. The Morgan fingerprint density at radius 2 is 2.00 bits per heavy atom. The third kappa shape index (κ3) is 3.54. The number of nitrogens with one attached hydrogen (secondary N) is 1. The Labute approximate surface area is 118 Å². The monoisotopic (exact) mass is 354 g/mol. The normalized spacial score (nSPS) is 10.3. The van der Waals surface area contributed by atoms with Crippen LogP contribution in [0.2, 0.25) is 0 Å². The van der Waals surface area contributed by atoms with Crippen molar-refractivity contribution in [3.63, 3.8) is 0 Å². The summed E-state index contributed by atoms with van der Waals surface area (Å²) in [5, 5.41) is 3.35. The average molecular weight is 356 g/mol. The second-order valence-corrected chi connectivity index (χ2v) is 5.57. The van der Waals surface area contributed by atoms with E-state index in [0.717, 1.165) is 26.9 Å². The molecule has 1 aromatic carbocycles. The van der Waals surface area contributed by atoms with E-state index in [4.69, 9.17) is 0 Å². The zero-order chi connectivity index (χ0) is 12.3. The molecule has 0 unspecified atom stereocenters. The molecule has 0 aliphatic rings. The summed E-state index contributed by atoms with van der Waals surface area (Å²) >= 11 is 6.95. The van der Waals surface area contributed by atoms with Gasteiger partial charge in [0.2, 0.25) is 0 Å². The number of anilines is 1. The third-order valence-electron chi connectivity index (χ3n) is 2.36. The van der Waals surface area contributed by atoms with Crippen LogP contribution in [0.25, 0.3) is 0 Å². The van der Waals surface area contributed by atoms with E-state index in [9.17, 15) is 0 Å². The molecular weight excluding hydrogens is 344 g/mol. The van der Waals surface area contributed by atoms with Crippen LogP contribution in [0.4, 0.5) is 5.69 Å². The standard InChI is InChI=1S/C13H12Br2N2/c1-9-2-4-11(16-7-9)8-17-13-5-3-10(14)6-12(13)15/h2-7,17H,8H2,1H3. The van der Waals surface area contributed by atoms with Crippen molar-refractivity contribution < 1.29 is 0 Å². The molecule has 0 saturated carbocycles. The molecule has 0 fully saturated rings. The molecule has 0 aliphatic carbocycles. The number of aromatic nitrogens is 1. The van der Waals surface area contributed by atoms with Gasteiger partial charge in [-0.05, 0) is 52.7 Å². The van der Waals surface area contributed by atoms with E-state index in [1.807, 2.05) is 37.4 Å². The summed E-state index contributed by atoms with van der Waals surface area (Å²) in [6.07, 6.45) is 1.88. The molecular formula is C13H12Br2N2. The van der Waals surface area contributed by atoms with Crippen LogP contribution >= 0.6 is 31.9 Å². The van der Waals surface area contributed by atoms with Crippen molar-refractivity contribution in [2.24, 2.45) is 0 Å². The molecule has 0 saturated heterocycles. The van der Waals surface area contributed by atoms with Crippen LogP contribution < -0.4 is 5.32 Å². The molecule has 2 rings (SSSR count). The van der Waals surface area contributed by atoms with Gasteiger partial charge in [-0.25, -0.2) is 0 Å². The van der Waals surface area contributed by atoms with Gasteiger partial charge in [-0.1, -0.05) is 22.0 Å². The van der Waals surface area contributed by atoms with Gasteiger partial charge in [-0.15, -0.1) is 0 Å². The van der Waals surface area contributed by atoms with Crippen LogP contribution in [0, 0.1) is 6.92 Å². The Morgan fingerprint density at radius 3 is 2.65 bits per heavy atom. The molecule has 0 bridgehead atoms. The minimum absolute atomic E-state index is 0.723. The second kappa shape index (κ2) is 5.65. The van der Waals surface area contributed by atoms with Crippen LogP contribution in [0.15, 0.2) is 45.5 Å². The topological polar surface area (TPSA) is 24.9 Å². The molecule has 1 N–H and O–H groups in total. The molecule has 0 aliphatic heterocycles. The van der Waals surface area contributed by atoms with Gasteiger partial charge in [0.05, 0.1) is 12.2 Å². The number of hydrogen-bond donors (Lipinski definition) is 1. The summed E-state index contributed by atoms with van der Waals surface area (Å²) in [5.41, 5.74) is 3.28. The van der Waals surface area contributed by atoms with E-state index < -0.39 is 0 Å². The summed E-state index contributed by atoms with van der Waals surface area (Å²) in [6.45, 7) is 2.76. The van der Waals surface area contributed by atoms with Gasteiger partial charge in [-0.3, -0.25) is 4.98 Å². The number of pyridine rings is 1. The van der Waals surface area contributed by atoms with Crippen molar-refractivity contribution in [3.8, 4) is 0 Å². The molecule has 2 nitrogen and oxygen atoms in total. The highest BCUT2D eigenvalue weighted by Crippen LogP contribution is 2.26. The van der Waals surface area contributed by atoms with Gasteiger partial charge in [0.1, 0.15) is 0 Å². The number of halogens is 2. The number of nitrogens with zero attached hydrogens (tertiary/aromatic N) is 1. The Hall–Kier alpha value is -0.870. The van der Waals surface area contributed by atoms with Gasteiger partial charge in [0.15, 0.2) is 0 Å². The lowest BCUT2D eigenvalue weighted by molar-refractivity contribution is 1.03. The van der Waals surface area contributed by atoms with Crippen molar-refractivity contribution >= 4 is 37.5 Å². The summed E-state index contributed by atoms with van der Waals surface area (Å²) in [7, 11) is 0. The molecule has 4 heteroatoms. The molecule has 2 aromatic rings. The zero-order valence-corrected chi connectivity index (χ0v) is 12.5. The number of rotatable bonds is 3. The van der Waals surface area contributed by atoms with Gasteiger partial charge in [-0.2, -0.15) is 0 Å². The van der Waals surface area contributed by atoms with Crippen molar-refractivity contribution in [1.29, 1.82) is 0 Å². The smallest absolute Gasteiger partial charge is 0.0594 e. The third-order valence-corrected chi connectivity index (χ3v) is 3.51. The summed E-state index contributed by atoms with van der Waals surface area (Å²) in [6, 6.07) is 10.2. The van der Waals surface area contributed by atoms with E-state index in [1.165, 1.54) is 5.56 Å². The largest absolute Gasteiger partial charge is 0.378 e. The van der Waals surface area contributed by atoms with Gasteiger partial charge in [0, 0.05) is 20.8 Å². The Balaban J connectivity index is 2.04. The second-order valence-electron chi connectivity index (χ2n) is 3.80. The number of hydrogen-bond acceptors (Lipinski definition) is 2. The highest BCUT2D eigenvalue weighted by Gasteiger charge is 2.00. The van der Waals surface area contributed by atoms with Crippen molar-refractivity contribution in [2.45, 2.75) is 13.5 Å². The minimum atomic E-state index is 0.723. The molecule has 1 aromatic heterocycles. The first-order valence-corrected chi connectivity index (χ1v) is 6.84. The maximum absolute atomic E-state index is 4.35. The number of aryl methyl sites for hydroxylation is 1. The van der Waals surface area contributed by atoms with Crippen molar-refractivity contribution in [3.05, 3.63) is 56.7 Å². The molecule has 17 heavy (non-hydrogen) atoms. The Bertz CT molecular complexity index is 509. The first-order valence-electron chi connectivity index (χ1n) is 5.25. The van der Waals surface area contributed by atoms with E-state index in [0.29, 0.717) is 0 Å². The van der Waals surface area contributed by atoms with E-state index in [2.05, 4.69) is 48.2 Å². The maximum atomic E-state index is 4.35. The highest BCUT2D eigenvalue weighted by atomic mass is 79.9. The Morgan fingerprint density at radius 1 is 1.18 bits per heavy atom. The van der Waals surface area contributed by atoms with Crippen LogP contribution in [0.3, 0.4) is 0 Å². The van der Waals surface area contributed by atoms with Gasteiger partial charge >= 0.3 is 0 Å². The maximum Gasteiger partial charge on any atom is 0.0594 e. The molecule has 0 amide bonds. The van der Waals surface area contributed by atoms with Crippen LogP contribution in [0.1, 0.15) is 11.3 Å². The zero-order valence-electron chi connectivity index (χ0n) is 9.37. The first kappa shape index (κ1) is 12.6. The quantitative estimate of drug-likeness (QED) is 0.875. The highest BCUT2D eigenvalue weighted by molar-refractivity contribution is 9.11. The molecule has 0 spiro atoms. The van der Waals surface area contributed by atoms with E-state index in [-0.39, 0.29) is 0 Å². The minimum Gasteiger partial charge on any atom is -0.378 e. The molecule has 1 heterocycles. The number of benzene rings is 1. The fraction of sp³-hybridized carbons (Fsp3) is 0.154. The molecule has 88 valence electrons. The first-order chi connectivity index (χ1) is 8.15. The predicted octanol–water partition coefficient (Wildman–Crippen LogP) is 4.53. The lowest BCUT2D eigenvalue weighted by Gasteiger charge is -2.08. The molecule has 0 atom stereocenters. The van der Waals surface area contributed by atoms with Gasteiger partial charge < -0.3 is 5.32 Å². The summed E-state index contributed by atoms with van der Waals surface area (Å²) in [4.78, 5) is 4.35. The Kier molecular flexibility index (Phi) is 4.18. The van der Waals surface area contributed by atoms with Crippen LogP contribution in [0.5, 0.6) is 0 Å². The summed E-state index contributed by atoms with van der Waals surface area (Å²) in [5.74, 6) is 0. The van der Waals surface area contributed by atoms with Crippen molar-refractivity contribution in [1.82, 2.24) is 4.98 Å². The lowest BCUT2D eigenvalue weighted by atomic mass is 10.2. The fourth-order valence-corrected chi connectivity index (χ4v) is 2.61. The van der Waals surface area contributed by atoms with Gasteiger partial charge in [0.25, 0.3) is 0 Å². The lowest BCUT2D eigenvalue weighted by Crippen LogP contribution is -2.02. The van der Waals surface area contributed by atoms with Crippen molar-refractivity contribution in [2.75, 3.05) is 5.32 Å². The molecule has 0 radical (unpaired) electrons.